The average Bonchev–Trinajstić information content (AvgIpc) is 2.70. The number of aliphatic hydroxyl groups is 1. The van der Waals surface area contributed by atoms with Crippen LogP contribution in [0.1, 0.15) is 24.8 Å². The van der Waals surface area contributed by atoms with Gasteiger partial charge in [-0.15, -0.1) is 0 Å². The van der Waals surface area contributed by atoms with E-state index in [9.17, 15) is 13.5 Å². The van der Waals surface area contributed by atoms with Gasteiger partial charge in [0.25, 0.3) is 0 Å². The third kappa shape index (κ3) is 8.68. The fourth-order valence-electron chi connectivity index (χ4n) is 2.76. The first-order chi connectivity index (χ1) is 13.9. The first-order valence-electron chi connectivity index (χ1n) is 9.60. The molecule has 0 bridgehead atoms. The average molecular weight is 420 g/mol. The second-order valence-electron chi connectivity index (χ2n) is 6.89. The molecule has 1 unspecified atom stereocenters. The molecule has 6 nitrogen and oxygen atoms in total. The Labute approximate surface area is 173 Å². The highest BCUT2D eigenvalue weighted by atomic mass is 32.3. The lowest BCUT2D eigenvalue weighted by atomic mass is 9.98. The van der Waals surface area contributed by atoms with Crippen molar-refractivity contribution in [1.29, 1.82) is 0 Å². The number of anilines is 1. The van der Waals surface area contributed by atoms with Crippen molar-refractivity contribution in [1.82, 2.24) is 0 Å². The third-order valence-corrected chi connectivity index (χ3v) is 5.21. The monoisotopic (exact) mass is 419 g/mol. The standard InChI is InChI=1S/C22H29NO5S/c1-23(2)21-14-12-20(13-15-21)11-10-19(16-17-24)7-6-18-27-29(25,26)28-22-8-4-3-5-9-22/h3-5,8-15,19,24H,6-7,16-18H2,1-2H3/b11-10+. The van der Waals surface area contributed by atoms with Gasteiger partial charge >= 0.3 is 10.4 Å². The Balaban J connectivity index is 1.81. The largest absolute Gasteiger partial charge is 0.449 e. The van der Waals surface area contributed by atoms with E-state index in [0.717, 1.165) is 11.3 Å². The van der Waals surface area contributed by atoms with Gasteiger partial charge in [0.05, 0.1) is 6.61 Å². The van der Waals surface area contributed by atoms with E-state index < -0.39 is 10.4 Å². The van der Waals surface area contributed by atoms with E-state index in [1.807, 2.05) is 49.3 Å². The molecule has 2 aromatic carbocycles. The molecule has 1 atom stereocenters. The highest BCUT2D eigenvalue weighted by molar-refractivity contribution is 7.82. The zero-order valence-corrected chi connectivity index (χ0v) is 17.7. The summed E-state index contributed by atoms with van der Waals surface area (Å²) in [5, 5.41) is 9.29. The molecule has 0 aliphatic heterocycles. The molecule has 7 heteroatoms. The van der Waals surface area contributed by atoms with Gasteiger partial charge in [-0.2, -0.15) is 8.42 Å². The molecule has 0 aliphatic carbocycles. The summed E-state index contributed by atoms with van der Waals surface area (Å²) < 4.78 is 33.5. The van der Waals surface area contributed by atoms with Crippen LogP contribution >= 0.6 is 0 Å². The van der Waals surface area contributed by atoms with Gasteiger partial charge in [0.1, 0.15) is 5.75 Å². The maximum Gasteiger partial charge on any atom is 0.449 e. The third-order valence-electron chi connectivity index (χ3n) is 4.36. The second kappa shape index (κ2) is 11.6. The van der Waals surface area contributed by atoms with Crippen molar-refractivity contribution < 1.29 is 21.9 Å². The van der Waals surface area contributed by atoms with Crippen molar-refractivity contribution in [2.45, 2.75) is 19.3 Å². The van der Waals surface area contributed by atoms with E-state index in [2.05, 4.69) is 6.08 Å². The molecule has 0 aromatic heterocycles. The van der Waals surface area contributed by atoms with Gasteiger partial charge in [-0.05, 0) is 55.0 Å². The van der Waals surface area contributed by atoms with Gasteiger partial charge in [-0.25, -0.2) is 4.18 Å². The van der Waals surface area contributed by atoms with Crippen LogP contribution in [0.15, 0.2) is 60.7 Å². The number of aliphatic hydroxyl groups excluding tert-OH is 1. The highest BCUT2D eigenvalue weighted by Gasteiger charge is 2.14. The topological polar surface area (TPSA) is 76.1 Å². The first kappa shape index (κ1) is 22.9. The molecular weight excluding hydrogens is 390 g/mol. The lowest BCUT2D eigenvalue weighted by molar-refractivity contribution is 0.244. The zero-order chi connectivity index (χ0) is 21.1. The number of rotatable bonds is 12. The smallest absolute Gasteiger partial charge is 0.396 e. The molecule has 1 N–H and O–H groups in total. The van der Waals surface area contributed by atoms with Crippen LogP contribution in [-0.2, 0) is 14.6 Å². The maximum atomic E-state index is 11.9. The molecule has 0 saturated heterocycles. The van der Waals surface area contributed by atoms with Gasteiger partial charge in [0.15, 0.2) is 0 Å². The molecular formula is C22H29NO5S. The lowest BCUT2D eigenvalue weighted by Gasteiger charge is -2.13. The minimum absolute atomic E-state index is 0.0302. The van der Waals surface area contributed by atoms with Crippen LogP contribution in [0, 0.1) is 5.92 Å². The van der Waals surface area contributed by atoms with E-state index in [0.29, 0.717) is 19.3 Å². The Morgan fingerprint density at radius 3 is 2.34 bits per heavy atom. The van der Waals surface area contributed by atoms with Crippen LogP contribution in [0.2, 0.25) is 0 Å². The Morgan fingerprint density at radius 2 is 1.72 bits per heavy atom. The summed E-state index contributed by atoms with van der Waals surface area (Å²) in [5.74, 6) is 0.351. The van der Waals surface area contributed by atoms with Crippen molar-refractivity contribution in [3.8, 4) is 5.75 Å². The van der Waals surface area contributed by atoms with Gasteiger partial charge < -0.3 is 14.2 Å². The number of nitrogens with zero attached hydrogens (tertiary/aromatic N) is 1. The van der Waals surface area contributed by atoms with Crippen molar-refractivity contribution in [3.05, 3.63) is 66.2 Å². The van der Waals surface area contributed by atoms with E-state index in [1.165, 1.54) is 0 Å². The van der Waals surface area contributed by atoms with Gasteiger partial charge in [-0.3, -0.25) is 0 Å². The van der Waals surface area contributed by atoms with Crippen LogP contribution < -0.4 is 9.08 Å². The summed E-state index contributed by atoms with van der Waals surface area (Å²) in [7, 11) is -0.0920. The van der Waals surface area contributed by atoms with E-state index in [1.54, 1.807) is 30.3 Å². The molecule has 0 fully saturated rings. The summed E-state index contributed by atoms with van der Waals surface area (Å²) in [6.45, 7) is 0.104. The van der Waals surface area contributed by atoms with Crippen molar-refractivity contribution in [2.75, 3.05) is 32.2 Å². The van der Waals surface area contributed by atoms with E-state index in [4.69, 9.17) is 8.37 Å². The summed E-state index contributed by atoms with van der Waals surface area (Å²) in [6, 6.07) is 16.4. The minimum atomic E-state index is -4.08. The molecule has 0 saturated carbocycles. The van der Waals surface area contributed by atoms with Crippen molar-refractivity contribution >= 4 is 22.2 Å². The van der Waals surface area contributed by atoms with E-state index in [-0.39, 0.29) is 24.9 Å². The van der Waals surface area contributed by atoms with Gasteiger partial charge in [-0.1, -0.05) is 42.5 Å². The van der Waals surface area contributed by atoms with E-state index >= 15 is 0 Å². The normalized spacial score (nSPS) is 12.8. The molecule has 2 rings (SSSR count). The Kier molecular flexibility index (Phi) is 9.18. The van der Waals surface area contributed by atoms with Crippen molar-refractivity contribution in [2.24, 2.45) is 5.92 Å². The zero-order valence-electron chi connectivity index (χ0n) is 16.9. The molecule has 158 valence electrons. The Hall–Kier alpha value is -2.35. The minimum Gasteiger partial charge on any atom is -0.396 e. The SMILES string of the molecule is CN(C)c1ccc(/C=C/C(CCO)CCCOS(=O)(=O)Oc2ccccc2)cc1. The molecule has 29 heavy (non-hydrogen) atoms. The summed E-state index contributed by atoms with van der Waals surface area (Å²) in [5.41, 5.74) is 2.21. The second-order valence-corrected chi connectivity index (χ2v) is 8.11. The van der Waals surface area contributed by atoms with Crippen molar-refractivity contribution in [3.63, 3.8) is 0 Å². The molecule has 0 heterocycles. The summed E-state index contributed by atoms with van der Waals surface area (Å²) >= 11 is 0. The lowest BCUT2D eigenvalue weighted by Crippen LogP contribution is -2.14. The maximum absolute atomic E-state index is 11.9. The van der Waals surface area contributed by atoms with Gasteiger partial charge in [0.2, 0.25) is 0 Å². The number of benzene rings is 2. The fraction of sp³-hybridized carbons (Fsp3) is 0.364. The number of hydrogen-bond donors (Lipinski definition) is 1. The molecule has 0 aliphatic rings. The number of allylic oxidation sites excluding steroid dienone is 1. The van der Waals surface area contributed by atoms with Gasteiger partial charge in [0, 0.05) is 26.4 Å². The molecule has 0 radical (unpaired) electrons. The summed E-state index contributed by atoms with van der Waals surface area (Å²) in [6.07, 6.45) is 5.92. The van der Waals surface area contributed by atoms with Crippen LogP contribution in [0.4, 0.5) is 5.69 Å². The molecule has 0 spiro atoms. The Bertz CT molecular complexity index is 849. The number of hydrogen-bond acceptors (Lipinski definition) is 6. The first-order valence-corrected chi connectivity index (χ1v) is 10.9. The van der Waals surface area contributed by atoms with Crippen LogP contribution in [-0.4, -0.2) is 40.8 Å². The number of para-hydroxylation sites is 1. The van der Waals surface area contributed by atoms with Crippen LogP contribution in [0.3, 0.4) is 0 Å². The predicted octanol–water partition coefficient (Wildman–Crippen LogP) is 3.89. The molecule has 0 amide bonds. The predicted molar refractivity (Wildman–Crippen MR) is 116 cm³/mol. The summed E-state index contributed by atoms with van der Waals surface area (Å²) in [4.78, 5) is 2.04. The fourth-order valence-corrected chi connectivity index (χ4v) is 3.47. The quantitative estimate of drug-likeness (QED) is 0.526. The van der Waals surface area contributed by atoms with Crippen LogP contribution in [0.25, 0.3) is 6.08 Å². The molecule has 2 aromatic rings. The highest BCUT2D eigenvalue weighted by Crippen LogP contribution is 2.18. The Morgan fingerprint density at radius 1 is 1.03 bits per heavy atom. The van der Waals surface area contributed by atoms with Crippen LogP contribution in [0.5, 0.6) is 5.75 Å².